The van der Waals surface area contributed by atoms with Crippen LogP contribution in [0.2, 0.25) is 0 Å². The minimum atomic E-state index is 0.0588. The molecule has 114 valence electrons. The van der Waals surface area contributed by atoms with E-state index in [2.05, 4.69) is 38.2 Å². The zero-order valence-electron chi connectivity index (χ0n) is 13.2. The summed E-state index contributed by atoms with van der Waals surface area (Å²) in [5.74, 6) is 0.905. The van der Waals surface area contributed by atoms with Crippen LogP contribution in [0.25, 0.3) is 16.6 Å². The summed E-state index contributed by atoms with van der Waals surface area (Å²) in [7, 11) is 3.07. The number of aromatic hydroxyl groups is 1. The largest absolute Gasteiger partial charge is 0.504 e. The van der Waals surface area contributed by atoms with Gasteiger partial charge in [-0.25, -0.2) is 0 Å². The molecule has 0 atom stereocenters. The van der Waals surface area contributed by atoms with E-state index in [1.807, 2.05) is 10.6 Å². The van der Waals surface area contributed by atoms with Gasteiger partial charge in [-0.2, -0.15) is 0 Å². The van der Waals surface area contributed by atoms with Crippen molar-refractivity contribution in [2.24, 2.45) is 0 Å². The van der Waals surface area contributed by atoms with Crippen LogP contribution in [0.4, 0.5) is 0 Å². The van der Waals surface area contributed by atoms with E-state index >= 15 is 0 Å². The molecule has 0 spiro atoms. The zero-order chi connectivity index (χ0) is 15.9. The van der Waals surface area contributed by atoms with Gasteiger partial charge in [0.15, 0.2) is 11.5 Å². The standard InChI is InChI=1S/C18H19NO3/c1-11-5-6-15-14(7-11)12(2)10-19(15)13-8-16(20)18(22-4)17(9-13)21-3/h5-10,20H,1-4H3. The number of phenols is 1. The molecular formula is C18H19NO3. The second-order valence-corrected chi connectivity index (χ2v) is 5.40. The maximum Gasteiger partial charge on any atom is 0.203 e. The topological polar surface area (TPSA) is 43.6 Å². The van der Waals surface area contributed by atoms with Crippen LogP contribution < -0.4 is 9.47 Å². The number of fused-ring (bicyclic) bond motifs is 1. The highest BCUT2D eigenvalue weighted by molar-refractivity contribution is 5.86. The smallest absolute Gasteiger partial charge is 0.203 e. The third-order valence-corrected chi connectivity index (χ3v) is 3.88. The predicted octanol–water partition coefficient (Wildman–Crippen LogP) is 3.97. The van der Waals surface area contributed by atoms with Crippen molar-refractivity contribution in [2.45, 2.75) is 13.8 Å². The number of nitrogens with zero attached hydrogens (tertiary/aromatic N) is 1. The SMILES string of the molecule is COc1cc(-n2cc(C)c3cc(C)ccc32)cc(O)c1OC. The van der Waals surface area contributed by atoms with Crippen LogP contribution >= 0.6 is 0 Å². The molecule has 0 aliphatic rings. The number of rotatable bonds is 3. The lowest BCUT2D eigenvalue weighted by Gasteiger charge is -2.13. The Hall–Kier alpha value is -2.62. The maximum absolute atomic E-state index is 10.2. The van der Waals surface area contributed by atoms with Gasteiger partial charge in [0.1, 0.15) is 0 Å². The van der Waals surface area contributed by atoms with Crippen molar-refractivity contribution in [3.63, 3.8) is 0 Å². The Bertz CT molecular complexity index is 849. The average molecular weight is 297 g/mol. The number of hydrogen-bond donors (Lipinski definition) is 1. The Labute approximate surface area is 129 Å². The number of aryl methyl sites for hydroxylation is 2. The van der Waals surface area contributed by atoms with Gasteiger partial charge in [-0.15, -0.1) is 0 Å². The van der Waals surface area contributed by atoms with Crippen LogP contribution in [0, 0.1) is 13.8 Å². The van der Waals surface area contributed by atoms with Crippen LogP contribution in [0.1, 0.15) is 11.1 Å². The van der Waals surface area contributed by atoms with Gasteiger partial charge in [-0.05, 0) is 31.5 Å². The molecule has 4 heteroatoms. The molecular weight excluding hydrogens is 278 g/mol. The lowest BCUT2D eigenvalue weighted by molar-refractivity contribution is 0.333. The molecule has 0 unspecified atom stereocenters. The van der Waals surface area contributed by atoms with Crippen molar-refractivity contribution >= 4 is 10.9 Å². The average Bonchev–Trinajstić information content (AvgIpc) is 2.83. The summed E-state index contributed by atoms with van der Waals surface area (Å²) < 4.78 is 12.5. The summed E-state index contributed by atoms with van der Waals surface area (Å²) in [6.45, 7) is 4.16. The molecule has 0 amide bonds. The van der Waals surface area contributed by atoms with Crippen molar-refractivity contribution in [3.05, 3.63) is 47.7 Å². The fourth-order valence-electron chi connectivity index (χ4n) is 2.79. The summed E-state index contributed by atoms with van der Waals surface area (Å²) in [6, 6.07) is 9.88. The Morgan fingerprint density at radius 2 is 1.77 bits per heavy atom. The normalized spacial score (nSPS) is 10.9. The van der Waals surface area contributed by atoms with E-state index < -0.39 is 0 Å². The third kappa shape index (κ3) is 2.17. The minimum absolute atomic E-state index is 0.0588. The van der Waals surface area contributed by atoms with Crippen molar-refractivity contribution in [1.82, 2.24) is 4.57 Å². The van der Waals surface area contributed by atoms with E-state index in [1.54, 1.807) is 13.2 Å². The second-order valence-electron chi connectivity index (χ2n) is 5.40. The van der Waals surface area contributed by atoms with Crippen molar-refractivity contribution in [1.29, 1.82) is 0 Å². The van der Waals surface area contributed by atoms with Gasteiger partial charge < -0.3 is 19.1 Å². The molecule has 0 bridgehead atoms. The van der Waals surface area contributed by atoms with Crippen molar-refractivity contribution < 1.29 is 14.6 Å². The van der Waals surface area contributed by atoms with E-state index in [4.69, 9.17) is 9.47 Å². The quantitative estimate of drug-likeness (QED) is 0.795. The molecule has 4 nitrogen and oxygen atoms in total. The predicted molar refractivity (Wildman–Crippen MR) is 87.5 cm³/mol. The van der Waals surface area contributed by atoms with Crippen LogP contribution in [0.3, 0.4) is 0 Å². The van der Waals surface area contributed by atoms with Gasteiger partial charge in [0, 0.05) is 23.7 Å². The van der Waals surface area contributed by atoms with Crippen molar-refractivity contribution in [2.75, 3.05) is 14.2 Å². The highest BCUT2D eigenvalue weighted by Crippen LogP contribution is 2.39. The number of benzene rings is 2. The lowest BCUT2D eigenvalue weighted by atomic mass is 10.1. The molecule has 1 heterocycles. The molecule has 1 N–H and O–H groups in total. The molecule has 2 aromatic carbocycles. The monoisotopic (exact) mass is 297 g/mol. The summed E-state index contributed by atoms with van der Waals surface area (Å²) >= 11 is 0. The second kappa shape index (κ2) is 5.30. The van der Waals surface area contributed by atoms with Gasteiger partial charge in [0.2, 0.25) is 5.75 Å². The Morgan fingerprint density at radius 1 is 1.00 bits per heavy atom. The van der Waals surface area contributed by atoms with Gasteiger partial charge in [-0.1, -0.05) is 11.6 Å². The molecule has 0 saturated heterocycles. The molecule has 0 saturated carbocycles. The number of methoxy groups -OCH3 is 2. The van der Waals surface area contributed by atoms with Crippen LogP contribution in [0.5, 0.6) is 17.2 Å². The van der Waals surface area contributed by atoms with Gasteiger partial charge in [-0.3, -0.25) is 0 Å². The first kappa shape index (κ1) is 14.3. The number of phenolic OH excluding ortho intramolecular Hbond substituents is 1. The minimum Gasteiger partial charge on any atom is -0.504 e. The highest BCUT2D eigenvalue weighted by Gasteiger charge is 2.14. The van der Waals surface area contributed by atoms with Crippen LogP contribution in [0.15, 0.2) is 36.5 Å². The number of aromatic nitrogens is 1. The third-order valence-electron chi connectivity index (χ3n) is 3.88. The van der Waals surface area contributed by atoms with E-state index in [0.717, 1.165) is 11.2 Å². The van der Waals surface area contributed by atoms with E-state index in [1.165, 1.54) is 23.6 Å². The molecule has 1 aromatic heterocycles. The number of ether oxygens (including phenoxy) is 2. The Kier molecular flexibility index (Phi) is 3.45. The highest BCUT2D eigenvalue weighted by atomic mass is 16.5. The first-order valence-corrected chi connectivity index (χ1v) is 7.09. The molecule has 0 aliphatic carbocycles. The van der Waals surface area contributed by atoms with E-state index in [0.29, 0.717) is 11.5 Å². The first-order valence-electron chi connectivity index (χ1n) is 7.09. The first-order chi connectivity index (χ1) is 10.5. The van der Waals surface area contributed by atoms with Gasteiger partial charge in [0.05, 0.1) is 25.4 Å². The molecule has 0 aliphatic heterocycles. The summed E-state index contributed by atoms with van der Waals surface area (Å²) in [5, 5.41) is 11.4. The fourth-order valence-corrected chi connectivity index (χ4v) is 2.79. The van der Waals surface area contributed by atoms with E-state index in [9.17, 15) is 5.11 Å². The van der Waals surface area contributed by atoms with Gasteiger partial charge in [0.25, 0.3) is 0 Å². The molecule has 3 aromatic rings. The maximum atomic E-state index is 10.2. The van der Waals surface area contributed by atoms with Gasteiger partial charge >= 0.3 is 0 Å². The molecule has 22 heavy (non-hydrogen) atoms. The molecule has 0 fully saturated rings. The molecule has 0 radical (unpaired) electrons. The summed E-state index contributed by atoms with van der Waals surface area (Å²) in [6.07, 6.45) is 2.06. The van der Waals surface area contributed by atoms with E-state index in [-0.39, 0.29) is 5.75 Å². The molecule has 3 rings (SSSR count). The fraction of sp³-hybridized carbons (Fsp3) is 0.222. The Morgan fingerprint density at radius 3 is 2.45 bits per heavy atom. The summed E-state index contributed by atoms with van der Waals surface area (Å²) in [5.41, 5.74) is 4.34. The summed E-state index contributed by atoms with van der Waals surface area (Å²) in [4.78, 5) is 0. The number of hydrogen-bond acceptors (Lipinski definition) is 3. The Balaban J connectivity index is 2.26. The van der Waals surface area contributed by atoms with Crippen molar-refractivity contribution in [3.8, 4) is 22.9 Å². The van der Waals surface area contributed by atoms with Crippen LogP contribution in [-0.4, -0.2) is 23.9 Å². The van der Waals surface area contributed by atoms with Crippen LogP contribution in [-0.2, 0) is 0 Å². The lowest BCUT2D eigenvalue weighted by Crippen LogP contribution is -1.96. The zero-order valence-corrected chi connectivity index (χ0v) is 13.2.